The van der Waals surface area contributed by atoms with E-state index in [0.717, 1.165) is 5.92 Å². The van der Waals surface area contributed by atoms with Crippen LogP contribution in [0.15, 0.2) is 17.3 Å². The molecule has 0 aliphatic heterocycles. The van der Waals surface area contributed by atoms with Crippen molar-refractivity contribution in [1.29, 1.82) is 0 Å². The van der Waals surface area contributed by atoms with Crippen LogP contribution in [0, 0.1) is 11.8 Å². The van der Waals surface area contributed by atoms with E-state index in [1.165, 1.54) is 25.5 Å². The molecule has 0 aliphatic rings. The minimum absolute atomic E-state index is 0.541. The first kappa shape index (κ1) is 14.7. The maximum Gasteiger partial charge on any atom is 0.332 e. The van der Waals surface area contributed by atoms with Crippen molar-refractivity contribution < 1.29 is 4.79 Å². The third-order valence-corrected chi connectivity index (χ3v) is 2.22. The van der Waals surface area contributed by atoms with Gasteiger partial charge in [-0.3, -0.25) is 0 Å². The van der Waals surface area contributed by atoms with Gasteiger partial charge in [-0.25, -0.2) is 10.2 Å². The molecule has 0 aromatic heterocycles. The van der Waals surface area contributed by atoms with E-state index in [4.69, 9.17) is 5.73 Å². The lowest BCUT2D eigenvalue weighted by molar-refractivity contribution is 0.249. The summed E-state index contributed by atoms with van der Waals surface area (Å²) >= 11 is 0. The number of urea groups is 1. The highest BCUT2D eigenvalue weighted by atomic mass is 16.2. The molecule has 0 aliphatic carbocycles. The Labute approximate surface area is 98.0 Å². The molecule has 0 fully saturated rings. The molecule has 0 saturated carbocycles. The quantitative estimate of drug-likeness (QED) is 0.507. The molecule has 0 unspecified atom stereocenters. The Morgan fingerprint density at radius 2 is 2.06 bits per heavy atom. The van der Waals surface area contributed by atoms with Gasteiger partial charge in [0.1, 0.15) is 0 Å². The van der Waals surface area contributed by atoms with E-state index in [2.05, 4.69) is 37.4 Å². The molecule has 0 aromatic rings. The lowest BCUT2D eigenvalue weighted by Gasteiger charge is -2.07. The number of hydrogen-bond acceptors (Lipinski definition) is 2. The number of allylic oxidation sites excluding steroid dienone is 2. The van der Waals surface area contributed by atoms with Crippen LogP contribution in [0.4, 0.5) is 4.79 Å². The molecule has 16 heavy (non-hydrogen) atoms. The van der Waals surface area contributed by atoms with Crippen LogP contribution in [0.1, 0.15) is 40.0 Å². The second-order valence-electron chi connectivity index (χ2n) is 4.44. The molecule has 1 atom stereocenters. The summed E-state index contributed by atoms with van der Waals surface area (Å²) in [6.07, 6.45) is 9.15. The number of nitrogens with one attached hydrogen (secondary N) is 1. The predicted octanol–water partition coefficient (Wildman–Crippen LogP) is 2.66. The second-order valence-corrected chi connectivity index (χ2v) is 4.44. The Morgan fingerprint density at radius 1 is 1.38 bits per heavy atom. The predicted molar refractivity (Wildman–Crippen MR) is 68.2 cm³/mol. The molecular weight excluding hydrogens is 202 g/mol. The number of nitrogens with zero attached hydrogens (tertiary/aromatic N) is 1. The highest BCUT2D eigenvalue weighted by Gasteiger charge is 1.98. The summed E-state index contributed by atoms with van der Waals surface area (Å²) in [7, 11) is 0. The van der Waals surface area contributed by atoms with Gasteiger partial charge in [-0.2, -0.15) is 5.10 Å². The number of carbonyl (C=O) groups is 1. The molecule has 0 rings (SSSR count). The van der Waals surface area contributed by atoms with Gasteiger partial charge < -0.3 is 5.73 Å². The summed E-state index contributed by atoms with van der Waals surface area (Å²) in [6.45, 7) is 6.65. The summed E-state index contributed by atoms with van der Waals surface area (Å²) in [5.74, 6) is 1.32. The van der Waals surface area contributed by atoms with Gasteiger partial charge >= 0.3 is 6.03 Å². The molecule has 0 saturated heterocycles. The number of carbonyl (C=O) groups excluding carboxylic acids is 1. The van der Waals surface area contributed by atoms with Gasteiger partial charge in [-0.05, 0) is 24.3 Å². The van der Waals surface area contributed by atoms with E-state index in [1.807, 2.05) is 6.08 Å². The van der Waals surface area contributed by atoms with Crippen LogP contribution in [0.2, 0.25) is 0 Å². The second kappa shape index (κ2) is 8.95. The van der Waals surface area contributed by atoms with Crippen molar-refractivity contribution in [2.24, 2.45) is 22.7 Å². The van der Waals surface area contributed by atoms with E-state index >= 15 is 0 Å². The van der Waals surface area contributed by atoms with Crippen LogP contribution < -0.4 is 11.2 Å². The molecule has 4 nitrogen and oxygen atoms in total. The number of nitrogens with two attached hydrogens (primary N) is 1. The standard InChI is InChI=1S/C12H23N3O/c1-10(2)6-4-7-11(3)8-5-9-14-15-12(13)16/h5,8-11H,4,6-7H2,1-3H3,(H3,13,15,16)/b8-5+,14-9+/t11-/m0/s1. The van der Waals surface area contributed by atoms with Crippen LogP contribution in [0.3, 0.4) is 0 Å². The smallest absolute Gasteiger partial charge is 0.332 e. The van der Waals surface area contributed by atoms with E-state index < -0.39 is 6.03 Å². The first-order valence-electron chi connectivity index (χ1n) is 5.77. The van der Waals surface area contributed by atoms with Crippen LogP contribution in [-0.2, 0) is 0 Å². The van der Waals surface area contributed by atoms with Crippen molar-refractivity contribution >= 4 is 12.2 Å². The Hall–Kier alpha value is -1.32. The summed E-state index contributed by atoms with van der Waals surface area (Å²) in [6, 6.07) is -0.644. The van der Waals surface area contributed by atoms with Gasteiger partial charge in [0.25, 0.3) is 0 Å². The number of primary amides is 1. The zero-order valence-electron chi connectivity index (χ0n) is 10.4. The van der Waals surface area contributed by atoms with Crippen LogP contribution in [0.5, 0.6) is 0 Å². The summed E-state index contributed by atoms with van der Waals surface area (Å²) in [4.78, 5) is 10.3. The summed E-state index contributed by atoms with van der Waals surface area (Å²) in [5.41, 5.74) is 6.98. The lowest BCUT2D eigenvalue weighted by atomic mass is 9.99. The zero-order valence-corrected chi connectivity index (χ0v) is 10.4. The average molecular weight is 225 g/mol. The van der Waals surface area contributed by atoms with Gasteiger partial charge in [0.2, 0.25) is 0 Å². The monoisotopic (exact) mass is 225 g/mol. The lowest BCUT2D eigenvalue weighted by Crippen LogP contribution is -2.24. The molecule has 3 N–H and O–H groups in total. The van der Waals surface area contributed by atoms with Crippen molar-refractivity contribution in [2.45, 2.75) is 40.0 Å². The van der Waals surface area contributed by atoms with Gasteiger partial charge in [0, 0.05) is 6.21 Å². The van der Waals surface area contributed by atoms with E-state index in [-0.39, 0.29) is 0 Å². The fourth-order valence-electron chi connectivity index (χ4n) is 1.33. The SMILES string of the molecule is CC(C)CCC[C@H](C)/C=C/C=N/NC(N)=O. The largest absolute Gasteiger partial charge is 0.350 e. The van der Waals surface area contributed by atoms with Crippen molar-refractivity contribution in [3.63, 3.8) is 0 Å². The normalized spacial score (nSPS) is 13.8. The number of amides is 2. The molecule has 0 aromatic carbocycles. The highest BCUT2D eigenvalue weighted by Crippen LogP contribution is 2.12. The van der Waals surface area contributed by atoms with Gasteiger partial charge in [0.15, 0.2) is 0 Å². The zero-order chi connectivity index (χ0) is 12.4. The van der Waals surface area contributed by atoms with Crippen LogP contribution in [-0.4, -0.2) is 12.2 Å². The third-order valence-electron chi connectivity index (χ3n) is 2.22. The van der Waals surface area contributed by atoms with Gasteiger partial charge in [-0.1, -0.05) is 39.7 Å². The van der Waals surface area contributed by atoms with Gasteiger partial charge in [0.05, 0.1) is 0 Å². The average Bonchev–Trinajstić information content (AvgIpc) is 2.16. The highest BCUT2D eigenvalue weighted by molar-refractivity contribution is 5.75. The van der Waals surface area contributed by atoms with E-state index in [0.29, 0.717) is 5.92 Å². The molecule has 0 heterocycles. The topological polar surface area (TPSA) is 67.5 Å². The van der Waals surface area contributed by atoms with Crippen molar-refractivity contribution in [1.82, 2.24) is 5.43 Å². The Balaban J connectivity index is 3.61. The van der Waals surface area contributed by atoms with Crippen LogP contribution >= 0.6 is 0 Å². The molecular formula is C12H23N3O. The fourth-order valence-corrected chi connectivity index (χ4v) is 1.33. The molecule has 0 bridgehead atoms. The van der Waals surface area contributed by atoms with Crippen molar-refractivity contribution in [2.75, 3.05) is 0 Å². The first-order chi connectivity index (χ1) is 7.52. The van der Waals surface area contributed by atoms with E-state index in [9.17, 15) is 4.79 Å². The Morgan fingerprint density at radius 3 is 2.62 bits per heavy atom. The number of rotatable bonds is 7. The van der Waals surface area contributed by atoms with Crippen LogP contribution in [0.25, 0.3) is 0 Å². The fraction of sp³-hybridized carbons (Fsp3) is 0.667. The van der Waals surface area contributed by atoms with Crippen molar-refractivity contribution in [3.05, 3.63) is 12.2 Å². The Bertz CT molecular complexity index is 247. The Kier molecular flexibility index (Phi) is 8.21. The first-order valence-corrected chi connectivity index (χ1v) is 5.77. The molecule has 0 radical (unpaired) electrons. The number of hydrazone groups is 1. The summed E-state index contributed by atoms with van der Waals surface area (Å²) < 4.78 is 0. The summed E-state index contributed by atoms with van der Waals surface area (Å²) in [5, 5.41) is 3.61. The van der Waals surface area contributed by atoms with E-state index in [1.54, 1.807) is 0 Å². The minimum atomic E-state index is -0.644. The number of hydrogen-bond donors (Lipinski definition) is 2. The molecule has 0 spiro atoms. The third kappa shape index (κ3) is 10.8. The molecule has 92 valence electrons. The van der Waals surface area contributed by atoms with Crippen molar-refractivity contribution in [3.8, 4) is 0 Å². The molecule has 2 amide bonds. The minimum Gasteiger partial charge on any atom is -0.350 e. The molecule has 4 heteroatoms. The maximum absolute atomic E-state index is 10.3. The maximum atomic E-state index is 10.3. The van der Waals surface area contributed by atoms with Gasteiger partial charge in [-0.15, -0.1) is 0 Å².